The van der Waals surface area contributed by atoms with Gasteiger partial charge in [-0.15, -0.1) is 11.3 Å². The molecule has 1 unspecified atom stereocenters. The molecule has 62 valence electrons. The molecule has 4 nitrogen and oxygen atoms in total. The van der Waals surface area contributed by atoms with E-state index in [1.165, 1.54) is 17.5 Å². The number of nitrogens with two attached hydrogens (primary N) is 1. The van der Waals surface area contributed by atoms with Gasteiger partial charge in [-0.3, -0.25) is 0 Å². The maximum Gasteiger partial charge on any atom is 0.169 e. The van der Waals surface area contributed by atoms with Crippen LogP contribution in [0.2, 0.25) is 0 Å². The van der Waals surface area contributed by atoms with Gasteiger partial charge in [-0.05, 0) is 0 Å². The third kappa shape index (κ3) is 1.98. The van der Waals surface area contributed by atoms with Gasteiger partial charge in [0.2, 0.25) is 0 Å². The highest BCUT2D eigenvalue weighted by Crippen LogP contribution is 2.17. The van der Waals surface area contributed by atoms with Crippen LogP contribution in [0, 0.1) is 0 Å². The summed E-state index contributed by atoms with van der Waals surface area (Å²) in [6.45, 7) is 0. The van der Waals surface area contributed by atoms with E-state index < -0.39 is 15.2 Å². The molecule has 1 aromatic rings. The van der Waals surface area contributed by atoms with Crippen LogP contribution in [0.25, 0.3) is 0 Å². The smallest absolute Gasteiger partial charge is 0.169 e. The van der Waals surface area contributed by atoms with Gasteiger partial charge in [0.15, 0.2) is 15.2 Å². The van der Waals surface area contributed by atoms with Crippen molar-refractivity contribution in [2.45, 2.75) is 5.37 Å². The molecule has 2 N–H and O–H groups in total. The van der Waals surface area contributed by atoms with Gasteiger partial charge in [-0.25, -0.2) is 13.4 Å². The second-order valence-electron chi connectivity index (χ2n) is 2.12. The average Bonchev–Trinajstić information content (AvgIpc) is 2.34. The van der Waals surface area contributed by atoms with E-state index in [1.54, 1.807) is 5.38 Å². The molecule has 1 heterocycles. The van der Waals surface area contributed by atoms with Crippen molar-refractivity contribution in [2.75, 3.05) is 6.26 Å². The number of sulfone groups is 1. The van der Waals surface area contributed by atoms with E-state index in [0.29, 0.717) is 5.01 Å². The lowest BCUT2D eigenvalue weighted by Gasteiger charge is -2.03. The summed E-state index contributed by atoms with van der Waals surface area (Å²) in [5.41, 5.74) is 5.38. The van der Waals surface area contributed by atoms with Crippen molar-refractivity contribution in [2.24, 2.45) is 5.73 Å². The fourth-order valence-electron chi connectivity index (χ4n) is 0.558. The molecule has 6 heteroatoms. The van der Waals surface area contributed by atoms with Crippen molar-refractivity contribution in [1.82, 2.24) is 4.98 Å². The van der Waals surface area contributed by atoms with Crippen molar-refractivity contribution in [3.63, 3.8) is 0 Å². The van der Waals surface area contributed by atoms with Crippen molar-refractivity contribution >= 4 is 21.2 Å². The quantitative estimate of drug-likeness (QED) is 0.723. The fourth-order valence-corrected chi connectivity index (χ4v) is 2.19. The highest BCUT2D eigenvalue weighted by Gasteiger charge is 2.19. The Bertz CT molecular complexity index is 316. The molecule has 0 aliphatic carbocycles. The molecule has 0 aliphatic heterocycles. The lowest BCUT2D eigenvalue weighted by atomic mass is 10.7. The molecule has 1 aromatic heterocycles. The van der Waals surface area contributed by atoms with Gasteiger partial charge in [0.25, 0.3) is 0 Å². The van der Waals surface area contributed by atoms with Gasteiger partial charge >= 0.3 is 0 Å². The Morgan fingerprint density at radius 1 is 1.73 bits per heavy atom. The average molecular weight is 192 g/mol. The Morgan fingerprint density at radius 2 is 2.36 bits per heavy atom. The summed E-state index contributed by atoms with van der Waals surface area (Å²) in [4.78, 5) is 3.80. The number of aromatic nitrogens is 1. The van der Waals surface area contributed by atoms with E-state index >= 15 is 0 Å². The molecular weight excluding hydrogens is 184 g/mol. The molecule has 0 amide bonds. The summed E-state index contributed by atoms with van der Waals surface area (Å²) in [6.07, 6.45) is 2.63. The second-order valence-corrected chi connectivity index (χ2v) is 5.21. The zero-order valence-electron chi connectivity index (χ0n) is 5.89. The first-order chi connectivity index (χ1) is 5.02. The lowest BCUT2D eigenvalue weighted by Crippen LogP contribution is -2.19. The Hall–Kier alpha value is -0.460. The van der Waals surface area contributed by atoms with E-state index in [2.05, 4.69) is 4.98 Å². The number of thiazole rings is 1. The van der Waals surface area contributed by atoms with Gasteiger partial charge in [0.05, 0.1) is 0 Å². The molecule has 0 aliphatic rings. The van der Waals surface area contributed by atoms with Crippen molar-refractivity contribution in [3.05, 3.63) is 16.6 Å². The van der Waals surface area contributed by atoms with Crippen LogP contribution in [-0.2, 0) is 9.84 Å². The Balaban J connectivity index is 2.97. The predicted octanol–water partition coefficient (Wildman–Crippen LogP) is 0.145. The first-order valence-corrected chi connectivity index (χ1v) is 5.69. The summed E-state index contributed by atoms with van der Waals surface area (Å²) >= 11 is 1.24. The molecule has 0 bridgehead atoms. The minimum atomic E-state index is -3.20. The molecule has 0 saturated carbocycles. The summed E-state index contributed by atoms with van der Waals surface area (Å²) in [5, 5.41) is 1.16. The summed E-state index contributed by atoms with van der Waals surface area (Å²) in [6, 6.07) is 0. The first-order valence-electron chi connectivity index (χ1n) is 2.85. The molecule has 0 fully saturated rings. The number of nitrogens with zero attached hydrogens (tertiary/aromatic N) is 1. The summed E-state index contributed by atoms with van der Waals surface area (Å²) in [5.74, 6) is 0. The molecule has 0 saturated heterocycles. The topological polar surface area (TPSA) is 73.0 Å². The predicted molar refractivity (Wildman–Crippen MR) is 43.9 cm³/mol. The van der Waals surface area contributed by atoms with E-state index in [0.717, 1.165) is 6.26 Å². The number of hydrogen-bond acceptors (Lipinski definition) is 5. The standard InChI is InChI=1S/C5H8N2O2S2/c1-11(8,9)4(6)5-7-2-3-10-5/h2-4H,6H2,1H3. The minimum Gasteiger partial charge on any atom is -0.309 e. The van der Waals surface area contributed by atoms with Gasteiger partial charge in [0.1, 0.15) is 5.01 Å². The third-order valence-corrected chi connectivity index (χ3v) is 3.31. The molecule has 0 aromatic carbocycles. The van der Waals surface area contributed by atoms with E-state index in [4.69, 9.17) is 5.73 Å². The zero-order chi connectivity index (χ0) is 8.48. The van der Waals surface area contributed by atoms with Gasteiger partial charge in [-0.1, -0.05) is 0 Å². The second kappa shape index (κ2) is 2.88. The highest BCUT2D eigenvalue weighted by molar-refractivity contribution is 7.91. The van der Waals surface area contributed by atoms with Crippen molar-refractivity contribution < 1.29 is 8.42 Å². The molecule has 11 heavy (non-hydrogen) atoms. The van der Waals surface area contributed by atoms with Crippen LogP contribution in [-0.4, -0.2) is 19.7 Å². The van der Waals surface area contributed by atoms with E-state index in [-0.39, 0.29) is 0 Å². The van der Waals surface area contributed by atoms with Crippen LogP contribution in [0.4, 0.5) is 0 Å². The third-order valence-electron chi connectivity index (χ3n) is 1.16. The maximum atomic E-state index is 10.9. The first kappa shape index (κ1) is 8.63. The SMILES string of the molecule is CS(=O)(=O)C(N)c1nccs1. The summed E-state index contributed by atoms with van der Waals surface area (Å²) in [7, 11) is -3.20. The Kier molecular flexibility index (Phi) is 2.26. The van der Waals surface area contributed by atoms with Crippen molar-refractivity contribution in [1.29, 1.82) is 0 Å². The normalized spacial score (nSPS) is 14.7. The molecule has 1 atom stereocenters. The van der Waals surface area contributed by atoms with Crippen LogP contribution in [0.3, 0.4) is 0 Å². The van der Waals surface area contributed by atoms with Crippen LogP contribution >= 0.6 is 11.3 Å². The van der Waals surface area contributed by atoms with Gasteiger partial charge in [-0.2, -0.15) is 0 Å². The van der Waals surface area contributed by atoms with E-state index in [9.17, 15) is 8.42 Å². The summed E-state index contributed by atoms with van der Waals surface area (Å²) < 4.78 is 21.7. The van der Waals surface area contributed by atoms with Crippen LogP contribution in [0.1, 0.15) is 10.4 Å². The van der Waals surface area contributed by atoms with Gasteiger partial charge < -0.3 is 5.73 Å². The molecular formula is C5H8N2O2S2. The number of rotatable bonds is 2. The van der Waals surface area contributed by atoms with Crippen LogP contribution < -0.4 is 5.73 Å². The molecule has 1 rings (SSSR count). The monoisotopic (exact) mass is 192 g/mol. The Labute approximate surface area is 69.0 Å². The number of hydrogen-bond donors (Lipinski definition) is 1. The van der Waals surface area contributed by atoms with Crippen LogP contribution in [0.15, 0.2) is 11.6 Å². The van der Waals surface area contributed by atoms with Crippen molar-refractivity contribution in [3.8, 4) is 0 Å². The molecule has 0 spiro atoms. The largest absolute Gasteiger partial charge is 0.309 e. The minimum absolute atomic E-state index is 0.438. The molecule has 0 radical (unpaired) electrons. The van der Waals surface area contributed by atoms with E-state index in [1.807, 2.05) is 0 Å². The fraction of sp³-hybridized carbons (Fsp3) is 0.400. The lowest BCUT2D eigenvalue weighted by molar-refractivity contribution is 0.589. The van der Waals surface area contributed by atoms with Gasteiger partial charge in [0, 0.05) is 17.8 Å². The zero-order valence-corrected chi connectivity index (χ0v) is 7.52. The highest BCUT2D eigenvalue weighted by atomic mass is 32.2. The maximum absolute atomic E-state index is 10.9. The van der Waals surface area contributed by atoms with Crippen LogP contribution in [0.5, 0.6) is 0 Å². The Morgan fingerprint density at radius 3 is 2.73 bits per heavy atom.